The van der Waals surface area contributed by atoms with Crippen molar-refractivity contribution in [1.29, 1.82) is 0 Å². The minimum Gasteiger partial charge on any atom is -0.423 e. The minimum atomic E-state index is -0.548. The van der Waals surface area contributed by atoms with Gasteiger partial charge in [-0.2, -0.15) is 0 Å². The number of non-ortho nitro benzene ring substituents is 1. The molecule has 28 heavy (non-hydrogen) atoms. The van der Waals surface area contributed by atoms with Crippen LogP contribution in [0.3, 0.4) is 0 Å². The van der Waals surface area contributed by atoms with E-state index >= 15 is 0 Å². The molecule has 7 nitrogen and oxygen atoms in total. The predicted octanol–water partition coefficient (Wildman–Crippen LogP) is 4.09. The second-order valence-corrected chi connectivity index (χ2v) is 7.61. The molecular weight excluding hydrogens is 360 g/mol. The first kappa shape index (κ1) is 21.1. The van der Waals surface area contributed by atoms with Crippen molar-refractivity contribution in [2.45, 2.75) is 41.2 Å². The molecule has 0 fully saturated rings. The molecule has 0 saturated carbocycles. The monoisotopic (exact) mass is 384 g/mol. The molecule has 2 rings (SSSR count). The average Bonchev–Trinajstić information content (AvgIpc) is 2.60. The minimum absolute atomic E-state index is 0.0799. The molecule has 0 aliphatic rings. The van der Waals surface area contributed by atoms with Crippen LogP contribution in [-0.4, -0.2) is 16.8 Å². The highest BCUT2D eigenvalue weighted by molar-refractivity contribution is 5.94. The van der Waals surface area contributed by atoms with Crippen LogP contribution >= 0.6 is 0 Å². The van der Waals surface area contributed by atoms with E-state index in [0.717, 1.165) is 16.7 Å². The maximum absolute atomic E-state index is 12.7. The van der Waals surface area contributed by atoms with Crippen molar-refractivity contribution in [3.8, 4) is 5.75 Å². The number of ether oxygens (including phenoxy) is 1. The predicted molar refractivity (Wildman–Crippen MR) is 105 cm³/mol. The largest absolute Gasteiger partial charge is 0.423 e. The van der Waals surface area contributed by atoms with Gasteiger partial charge in [0, 0.05) is 24.1 Å². The van der Waals surface area contributed by atoms with E-state index < -0.39 is 16.3 Å². The molecule has 0 saturated heterocycles. The number of nitro benzene ring substituents is 1. The summed E-state index contributed by atoms with van der Waals surface area (Å²) >= 11 is 0. The number of nitro groups is 1. The van der Waals surface area contributed by atoms with Gasteiger partial charge in [0.1, 0.15) is 5.75 Å². The number of nitrogens with zero attached hydrogens (tertiary/aromatic N) is 1. The number of hydrogen-bond donors (Lipinski definition) is 1. The summed E-state index contributed by atoms with van der Waals surface area (Å²) in [6.45, 7) is 9.40. The van der Waals surface area contributed by atoms with E-state index in [0.29, 0.717) is 12.1 Å². The number of rotatable bonds is 5. The summed E-state index contributed by atoms with van der Waals surface area (Å²) in [5, 5.41) is 13.6. The topological polar surface area (TPSA) is 98.5 Å². The van der Waals surface area contributed by atoms with Crippen LogP contribution in [0.5, 0.6) is 5.75 Å². The molecule has 7 heteroatoms. The smallest absolute Gasteiger partial charge is 0.344 e. The van der Waals surface area contributed by atoms with Crippen LogP contribution in [0.15, 0.2) is 36.4 Å². The fourth-order valence-electron chi connectivity index (χ4n) is 2.63. The van der Waals surface area contributed by atoms with Gasteiger partial charge in [-0.05, 0) is 42.7 Å². The lowest BCUT2D eigenvalue weighted by Crippen LogP contribution is -2.34. The number of amides is 1. The number of aryl methyl sites for hydroxylation is 1. The van der Waals surface area contributed by atoms with Crippen molar-refractivity contribution in [3.63, 3.8) is 0 Å². The lowest BCUT2D eigenvalue weighted by molar-refractivity contribution is -0.384. The number of carbonyl (C=O) groups excluding carboxylic acids is 2. The highest BCUT2D eigenvalue weighted by Gasteiger charge is 2.22. The Kier molecular flexibility index (Phi) is 6.18. The Bertz CT molecular complexity index is 912. The quantitative estimate of drug-likeness (QED) is 0.362. The molecule has 0 radical (unpaired) electrons. The van der Waals surface area contributed by atoms with Crippen LogP contribution in [0.4, 0.5) is 5.69 Å². The third-order valence-electron chi connectivity index (χ3n) is 4.37. The van der Waals surface area contributed by atoms with Crippen LogP contribution < -0.4 is 10.1 Å². The summed E-state index contributed by atoms with van der Waals surface area (Å²) in [5.41, 5.74) is 2.12. The molecule has 2 aromatic rings. The van der Waals surface area contributed by atoms with Gasteiger partial charge in [0.25, 0.3) is 5.69 Å². The zero-order chi connectivity index (χ0) is 21.1. The maximum Gasteiger partial charge on any atom is 0.344 e. The van der Waals surface area contributed by atoms with Gasteiger partial charge < -0.3 is 10.1 Å². The first-order chi connectivity index (χ1) is 13.0. The molecular formula is C21H24N2O5. The zero-order valence-electron chi connectivity index (χ0n) is 16.7. The number of nitrogens with one attached hydrogen (secondary N) is 1. The molecule has 0 bridgehead atoms. The van der Waals surface area contributed by atoms with Crippen LogP contribution in [-0.2, 0) is 11.3 Å². The number of esters is 1. The van der Waals surface area contributed by atoms with E-state index in [2.05, 4.69) is 5.32 Å². The van der Waals surface area contributed by atoms with Gasteiger partial charge in [0.2, 0.25) is 5.91 Å². The van der Waals surface area contributed by atoms with E-state index in [1.807, 2.05) is 26.8 Å². The zero-order valence-corrected chi connectivity index (χ0v) is 16.7. The Hall–Kier alpha value is -3.22. The van der Waals surface area contributed by atoms with Gasteiger partial charge in [-0.15, -0.1) is 0 Å². The summed E-state index contributed by atoms with van der Waals surface area (Å²) in [6.07, 6.45) is 0. The SMILES string of the molecule is Cc1ccc(CNC(=O)C(C)(C)C)c(C)c1C(=O)Oc1ccc([N+](=O)[O-])cc1. The van der Waals surface area contributed by atoms with Crippen molar-refractivity contribution in [2.24, 2.45) is 5.41 Å². The lowest BCUT2D eigenvalue weighted by Gasteiger charge is -2.19. The first-order valence-electron chi connectivity index (χ1n) is 8.84. The van der Waals surface area contributed by atoms with Crippen LogP contribution in [0.25, 0.3) is 0 Å². The molecule has 0 atom stereocenters. The highest BCUT2D eigenvalue weighted by atomic mass is 16.6. The van der Waals surface area contributed by atoms with Gasteiger partial charge >= 0.3 is 5.97 Å². The fraction of sp³-hybridized carbons (Fsp3) is 0.333. The van der Waals surface area contributed by atoms with Gasteiger partial charge in [0.15, 0.2) is 0 Å². The van der Waals surface area contributed by atoms with E-state index in [-0.39, 0.29) is 17.3 Å². The van der Waals surface area contributed by atoms with Gasteiger partial charge in [-0.3, -0.25) is 14.9 Å². The molecule has 0 aliphatic heterocycles. The molecule has 0 aliphatic carbocycles. The molecule has 2 aromatic carbocycles. The molecule has 0 heterocycles. The van der Waals surface area contributed by atoms with Gasteiger partial charge in [-0.25, -0.2) is 4.79 Å². The lowest BCUT2D eigenvalue weighted by atomic mass is 9.94. The fourth-order valence-corrected chi connectivity index (χ4v) is 2.63. The standard InChI is InChI=1S/C21H24N2O5/c1-13-6-7-15(12-22-20(25)21(3,4)5)14(2)18(13)19(24)28-17-10-8-16(9-11-17)23(26)27/h6-11H,12H2,1-5H3,(H,22,25). The summed E-state index contributed by atoms with van der Waals surface area (Å²) in [5.74, 6) is -0.406. The maximum atomic E-state index is 12.7. The van der Waals surface area contributed by atoms with E-state index in [4.69, 9.17) is 4.74 Å². The van der Waals surface area contributed by atoms with Crippen molar-refractivity contribution in [3.05, 3.63) is 68.8 Å². The van der Waals surface area contributed by atoms with Gasteiger partial charge in [-0.1, -0.05) is 32.9 Å². The molecule has 1 N–H and O–H groups in total. The Balaban J connectivity index is 2.21. The highest BCUT2D eigenvalue weighted by Crippen LogP contribution is 2.23. The number of hydrogen-bond acceptors (Lipinski definition) is 5. The summed E-state index contributed by atoms with van der Waals surface area (Å²) in [4.78, 5) is 35.0. The van der Waals surface area contributed by atoms with Crippen molar-refractivity contribution < 1.29 is 19.2 Å². The molecule has 0 aromatic heterocycles. The van der Waals surface area contributed by atoms with Crippen LogP contribution in [0.2, 0.25) is 0 Å². The molecule has 0 unspecified atom stereocenters. The molecule has 148 valence electrons. The number of carbonyl (C=O) groups is 2. The van der Waals surface area contributed by atoms with E-state index in [1.165, 1.54) is 24.3 Å². The Labute approximate surface area is 163 Å². The second-order valence-electron chi connectivity index (χ2n) is 7.61. The van der Waals surface area contributed by atoms with E-state index in [9.17, 15) is 19.7 Å². The van der Waals surface area contributed by atoms with Gasteiger partial charge in [0.05, 0.1) is 10.5 Å². The second kappa shape index (κ2) is 8.21. The molecule has 1 amide bonds. The Morgan fingerprint density at radius 3 is 2.21 bits per heavy atom. The van der Waals surface area contributed by atoms with Crippen molar-refractivity contribution >= 4 is 17.6 Å². The first-order valence-corrected chi connectivity index (χ1v) is 8.84. The molecule has 0 spiro atoms. The third kappa shape index (κ3) is 4.94. The normalized spacial score (nSPS) is 11.0. The summed E-state index contributed by atoms with van der Waals surface area (Å²) in [7, 11) is 0. The van der Waals surface area contributed by atoms with E-state index in [1.54, 1.807) is 19.9 Å². The van der Waals surface area contributed by atoms with Crippen molar-refractivity contribution in [1.82, 2.24) is 5.32 Å². The van der Waals surface area contributed by atoms with Crippen LogP contribution in [0.1, 0.15) is 47.8 Å². The van der Waals surface area contributed by atoms with Crippen molar-refractivity contribution in [2.75, 3.05) is 0 Å². The van der Waals surface area contributed by atoms with Crippen LogP contribution in [0, 0.1) is 29.4 Å². The average molecular weight is 384 g/mol. The Morgan fingerprint density at radius 1 is 1.07 bits per heavy atom. The Morgan fingerprint density at radius 2 is 1.68 bits per heavy atom. The summed E-state index contributed by atoms with van der Waals surface area (Å²) < 4.78 is 5.38. The number of benzene rings is 2. The summed E-state index contributed by atoms with van der Waals surface area (Å²) in [6, 6.07) is 9.00. The third-order valence-corrected chi connectivity index (χ3v) is 4.37.